The first kappa shape index (κ1) is 16.2. The van der Waals surface area contributed by atoms with Gasteiger partial charge in [-0.15, -0.1) is 0 Å². The van der Waals surface area contributed by atoms with Gasteiger partial charge in [0.15, 0.2) is 28.6 Å². The molecule has 2 aromatic heterocycles. The number of nitrogens with zero attached hydrogens (tertiary/aromatic N) is 4. The zero-order chi connectivity index (χ0) is 17.4. The number of hydrogen-bond donors (Lipinski definition) is 1. The van der Waals surface area contributed by atoms with Crippen LogP contribution in [-0.4, -0.2) is 26.1 Å². The van der Waals surface area contributed by atoms with Gasteiger partial charge in [-0.25, -0.2) is 13.8 Å². The minimum Gasteiger partial charge on any atom is -0.358 e. The van der Waals surface area contributed by atoms with Crippen LogP contribution in [0.15, 0.2) is 24.5 Å². The van der Waals surface area contributed by atoms with E-state index in [0.29, 0.717) is 17.8 Å². The number of hydrogen-bond acceptors (Lipinski definition) is 5. The molecule has 0 saturated carbocycles. The highest BCUT2D eigenvalue weighted by Crippen LogP contribution is 2.30. The molecule has 0 aliphatic carbocycles. The van der Waals surface area contributed by atoms with Gasteiger partial charge < -0.3 is 10.1 Å². The van der Waals surface area contributed by atoms with Crippen LogP contribution < -0.4 is 5.32 Å². The maximum absolute atomic E-state index is 13.9. The average molecular weight is 366 g/mol. The Morgan fingerprint density at radius 3 is 2.92 bits per heavy atom. The number of fused-ring (bicyclic) bond motifs is 1. The molecule has 1 N–H and O–H groups in total. The smallest absolute Gasteiger partial charge is 0.226 e. The molecule has 25 heavy (non-hydrogen) atoms. The molecule has 1 saturated heterocycles. The Hall–Kier alpha value is -2.32. The maximum Gasteiger partial charge on any atom is 0.226 e. The lowest BCUT2D eigenvalue weighted by Crippen LogP contribution is -2.17. The summed E-state index contributed by atoms with van der Waals surface area (Å²) in [7, 11) is 0. The summed E-state index contributed by atoms with van der Waals surface area (Å²) < 4.78 is 34.9. The normalized spacial score (nSPS) is 17.8. The second-order valence-electron chi connectivity index (χ2n) is 5.71. The predicted octanol–water partition coefficient (Wildman–Crippen LogP) is 4.20. The molecule has 4 rings (SSSR count). The summed E-state index contributed by atoms with van der Waals surface area (Å²) in [5.41, 5.74) is 0.827. The number of imidazole rings is 1. The van der Waals surface area contributed by atoms with Gasteiger partial charge in [0.2, 0.25) is 5.28 Å². The fourth-order valence-corrected chi connectivity index (χ4v) is 3.02. The molecule has 3 aromatic rings. The Morgan fingerprint density at radius 2 is 2.12 bits per heavy atom. The summed E-state index contributed by atoms with van der Waals surface area (Å²) in [6.07, 6.45) is 4.32. The molecule has 130 valence electrons. The third kappa shape index (κ3) is 3.03. The van der Waals surface area contributed by atoms with Crippen molar-refractivity contribution in [3.8, 4) is 0 Å². The summed E-state index contributed by atoms with van der Waals surface area (Å²) >= 11 is 6.02. The molecule has 0 radical (unpaired) electrons. The van der Waals surface area contributed by atoms with Crippen molar-refractivity contribution in [3.05, 3.63) is 41.4 Å². The molecule has 1 aromatic carbocycles. The third-order valence-electron chi connectivity index (χ3n) is 4.06. The molecule has 1 aliphatic rings. The van der Waals surface area contributed by atoms with Crippen LogP contribution in [0.4, 0.5) is 20.3 Å². The van der Waals surface area contributed by atoms with E-state index in [-0.39, 0.29) is 23.0 Å². The van der Waals surface area contributed by atoms with Crippen LogP contribution in [0, 0.1) is 11.6 Å². The number of halogens is 3. The highest BCUT2D eigenvalue weighted by molar-refractivity contribution is 6.28. The molecule has 1 fully saturated rings. The van der Waals surface area contributed by atoms with Crippen LogP contribution in [0.1, 0.15) is 25.5 Å². The molecular formula is C16H14ClF2N5O. The molecule has 0 spiro atoms. The first-order valence-electron chi connectivity index (χ1n) is 7.86. The predicted molar refractivity (Wildman–Crippen MR) is 88.8 cm³/mol. The van der Waals surface area contributed by atoms with E-state index in [1.807, 2.05) is 0 Å². The van der Waals surface area contributed by atoms with Gasteiger partial charge in [0.05, 0.1) is 12.0 Å². The minimum atomic E-state index is -1.000. The second kappa shape index (κ2) is 6.53. The number of aromatic nitrogens is 4. The van der Waals surface area contributed by atoms with Crippen LogP contribution in [-0.2, 0) is 4.74 Å². The van der Waals surface area contributed by atoms with Crippen molar-refractivity contribution in [2.75, 3.05) is 11.9 Å². The van der Waals surface area contributed by atoms with Crippen molar-refractivity contribution in [2.45, 2.75) is 25.5 Å². The maximum atomic E-state index is 13.9. The van der Waals surface area contributed by atoms with E-state index >= 15 is 0 Å². The van der Waals surface area contributed by atoms with Gasteiger partial charge in [-0.3, -0.25) is 4.57 Å². The molecule has 9 heteroatoms. The monoisotopic (exact) mass is 365 g/mol. The molecule has 3 heterocycles. The van der Waals surface area contributed by atoms with Crippen LogP contribution in [0.2, 0.25) is 5.28 Å². The van der Waals surface area contributed by atoms with Gasteiger partial charge in [-0.2, -0.15) is 9.97 Å². The van der Waals surface area contributed by atoms with E-state index < -0.39 is 11.6 Å². The second-order valence-corrected chi connectivity index (χ2v) is 6.05. The van der Waals surface area contributed by atoms with Crippen LogP contribution in [0.5, 0.6) is 0 Å². The van der Waals surface area contributed by atoms with Gasteiger partial charge in [-0.05, 0) is 43.0 Å². The van der Waals surface area contributed by atoms with E-state index in [1.54, 1.807) is 10.9 Å². The Bertz CT molecular complexity index is 926. The topological polar surface area (TPSA) is 64.9 Å². The van der Waals surface area contributed by atoms with Crippen molar-refractivity contribution in [3.63, 3.8) is 0 Å². The molecule has 0 amide bonds. The lowest BCUT2D eigenvalue weighted by molar-refractivity contribution is -0.0298. The Labute approximate surface area is 146 Å². The lowest BCUT2D eigenvalue weighted by Gasteiger charge is -2.23. The van der Waals surface area contributed by atoms with Crippen LogP contribution >= 0.6 is 11.6 Å². The highest BCUT2D eigenvalue weighted by Gasteiger charge is 2.21. The van der Waals surface area contributed by atoms with Crippen molar-refractivity contribution in [1.82, 2.24) is 19.5 Å². The Morgan fingerprint density at radius 1 is 1.24 bits per heavy atom. The largest absolute Gasteiger partial charge is 0.358 e. The third-order valence-corrected chi connectivity index (χ3v) is 4.23. The Kier molecular flexibility index (Phi) is 4.22. The van der Waals surface area contributed by atoms with Gasteiger partial charge in [0.25, 0.3) is 0 Å². The first-order chi connectivity index (χ1) is 12.1. The van der Waals surface area contributed by atoms with Gasteiger partial charge in [-0.1, -0.05) is 6.07 Å². The zero-order valence-corrected chi connectivity index (χ0v) is 13.8. The summed E-state index contributed by atoms with van der Waals surface area (Å²) in [6, 6.07) is 3.84. The van der Waals surface area contributed by atoms with Crippen molar-refractivity contribution < 1.29 is 13.5 Å². The number of anilines is 2. The summed E-state index contributed by atoms with van der Waals surface area (Å²) in [6.45, 7) is 0.669. The molecule has 1 aliphatic heterocycles. The standard InChI is InChI=1S/C16H14ClF2N5O/c17-16-22-14(21-10-5-3-4-9(18)12(10)19)13-15(23-16)24(8-20-13)11-6-1-2-7-25-11/h3-5,8,11H,1-2,6-7H2,(H,21,22,23). The quantitative estimate of drug-likeness (QED) is 0.705. The molecule has 1 unspecified atom stereocenters. The fourth-order valence-electron chi connectivity index (χ4n) is 2.86. The van der Waals surface area contributed by atoms with E-state index in [1.165, 1.54) is 12.1 Å². The number of ether oxygens (including phenoxy) is 1. The highest BCUT2D eigenvalue weighted by atomic mass is 35.5. The van der Waals surface area contributed by atoms with Crippen molar-refractivity contribution in [2.24, 2.45) is 0 Å². The Balaban J connectivity index is 1.77. The van der Waals surface area contributed by atoms with E-state index in [2.05, 4.69) is 20.3 Å². The number of rotatable bonds is 3. The summed E-state index contributed by atoms with van der Waals surface area (Å²) in [5, 5.41) is 2.72. The SMILES string of the molecule is Fc1cccc(Nc2nc(Cl)nc3c2ncn3C2CCCCO2)c1F. The van der Waals surface area contributed by atoms with E-state index in [4.69, 9.17) is 16.3 Å². The van der Waals surface area contributed by atoms with E-state index in [9.17, 15) is 8.78 Å². The zero-order valence-electron chi connectivity index (χ0n) is 13.0. The van der Waals surface area contributed by atoms with Crippen molar-refractivity contribution in [1.29, 1.82) is 0 Å². The van der Waals surface area contributed by atoms with Crippen LogP contribution in [0.3, 0.4) is 0 Å². The van der Waals surface area contributed by atoms with E-state index in [0.717, 1.165) is 25.3 Å². The van der Waals surface area contributed by atoms with Crippen molar-refractivity contribution >= 4 is 34.3 Å². The summed E-state index contributed by atoms with van der Waals surface area (Å²) in [4.78, 5) is 12.6. The van der Waals surface area contributed by atoms with Crippen LogP contribution in [0.25, 0.3) is 11.2 Å². The molecule has 1 atom stereocenters. The fraction of sp³-hybridized carbons (Fsp3) is 0.312. The molecule has 6 nitrogen and oxygen atoms in total. The molecule has 0 bridgehead atoms. The lowest BCUT2D eigenvalue weighted by atomic mass is 10.2. The van der Waals surface area contributed by atoms with Gasteiger partial charge >= 0.3 is 0 Å². The minimum absolute atomic E-state index is 0.0237. The summed E-state index contributed by atoms with van der Waals surface area (Å²) in [5.74, 6) is -1.75. The number of benzene rings is 1. The van der Waals surface area contributed by atoms with Gasteiger partial charge in [0.1, 0.15) is 6.23 Å². The molecular weight excluding hydrogens is 352 g/mol. The average Bonchev–Trinajstić information content (AvgIpc) is 3.03. The first-order valence-corrected chi connectivity index (χ1v) is 8.24. The van der Waals surface area contributed by atoms with Gasteiger partial charge in [0, 0.05) is 6.61 Å². The number of nitrogens with one attached hydrogen (secondary N) is 1.